The maximum atomic E-state index is 12.7. The summed E-state index contributed by atoms with van der Waals surface area (Å²) in [6, 6.07) is 14.6. The number of fused-ring (bicyclic) bond motifs is 1. The SMILES string of the molecule is C[C@@H](NC(=O)N1CC[C@H](c2cnn(C)c2)C1)c1ccc2ccccc2c1. The highest BCUT2D eigenvalue weighted by atomic mass is 16.2. The van der Waals surface area contributed by atoms with Gasteiger partial charge < -0.3 is 10.2 Å². The smallest absolute Gasteiger partial charge is 0.317 e. The predicted molar refractivity (Wildman–Crippen MR) is 103 cm³/mol. The van der Waals surface area contributed by atoms with E-state index in [1.54, 1.807) is 0 Å². The number of amides is 2. The summed E-state index contributed by atoms with van der Waals surface area (Å²) in [6.07, 6.45) is 4.94. The van der Waals surface area contributed by atoms with Gasteiger partial charge in [0.15, 0.2) is 0 Å². The summed E-state index contributed by atoms with van der Waals surface area (Å²) in [6.45, 7) is 3.58. The molecule has 2 heterocycles. The summed E-state index contributed by atoms with van der Waals surface area (Å²) in [5.41, 5.74) is 2.34. The number of rotatable bonds is 3. The maximum Gasteiger partial charge on any atom is 0.317 e. The van der Waals surface area contributed by atoms with Gasteiger partial charge in [-0.25, -0.2) is 4.79 Å². The number of likely N-dealkylation sites (tertiary alicyclic amines) is 1. The Hall–Kier alpha value is -2.82. The van der Waals surface area contributed by atoms with Gasteiger partial charge in [-0.2, -0.15) is 5.10 Å². The van der Waals surface area contributed by atoms with Crippen LogP contribution in [0.25, 0.3) is 10.8 Å². The summed E-state index contributed by atoms with van der Waals surface area (Å²) in [5, 5.41) is 9.80. The molecule has 5 heteroatoms. The maximum absolute atomic E-state index is 12.7. The van der Waals surface area contributed by atoms with Crippen molar-refractivity contribution < 1.29 is 4.79 Å². The molecule has 1 aromatic heterocycles. The first-order valence-corrected chi connectivity index (χ1v) is 9.13. The summed E-state index contributed by atoms with van der Waals surface area (Å²) < 4.78 is 1.82. The molecule has 5 nitrogen and oxygen atoms in total. The van der Waals surface area contributed by atoms with Crippen LogP contribution in [0.2, 0.25) is 0 Å². The monoisotopic (exact) mass is 348 g/mol. The van der Waals surface area contributed by atoms with E-state index in [0.29, 0.717) is 5.92 Å². The third-order valence-electron chi connectivity index (χ3n) is 5.29. The van der Waals surface area contributed by atoms with E-state index in [-0.39, 0.29) is 12.1 Å². The van der Waals surface area contributed by atoms with E-state index in [1.165, 1.54) is 16.3 Å². The van der Waals surface area contributed by atoms with Crippen LogP contribution in [-0.4, -0.2) is 33.8 Å². The van der Waals surface area contributed by atoms with Crippen molar-refractivity contribution in [2.45, 2.75) is 25.3 Å². The van der Waals surface area contributed by atoms with E-state index < -0.39 is 0 Å². The molecule has 0 unspecified atom stereocenters. The Morgan fingerprint density at radius 3 is 2.81 bits per heavy atom. The lowest BCUT2D eigenvalue weighted by Gasteiger charge is -2.21. The van der Waals surface area contributed by atoms with Gasteiger partial charge in [0.25, 0.3) is 0 Å². The first-order valence-electron chi connectivity index (χ1n) is 9.13. The fourth-order valence-corrected chi connectivity index (χ4v) is 3.70. The lowest BCUT2D eigenvalue weighted by molar-refractivity contribution is 0.205. The molecule has 2 amide bonds. The van der Waals surface area contributed by atoms with Crippen molar-refractivity contribution in [3.05, 3.63) is 66.0 Å². The normalized spacial score (nSPS) is 18.2. The zero-order chi connectivity index (χ0) is 18.1. The molecule has 26 heavy (non-hydrogen) atoms. The zero-order valence-corrected chi connectivity index (χ0v) is 15.2. The fourth-order valence-electron chi connectivity index (χ4n) is 3.70. The summed E-state index contributed by atoms with van der Waals surface area (Å²) in [7, 11) is 1.92. The number of nitrogens with zero attached hydrogens (tertiary/aromatic N) is 3. The molecule has 2 atom stereocenters. The lowest BCUT2D eigenvalue weighted by Crippen LogP contribution is -2.39. The molecule has 1 saturated heterocycles. The van der Waals surface area contributed by atoms with Crippen LogP contribution in [0.5, 0.6) is 0 Å². The molecule has 0 saturated carbocycles. The molecule has 1 fully saturated rings. The van der Waals surface area contributed by atoms with Crippen LogP contribution < -0.4 is 5.32 Å². The topological polar surface area (TPSA) is 50.2 Å². The van der Waals surface area contributed by atoms with Crippen molar-refractivity contribution in [3.8, 4) is 0 Å². The van der Waals surface area contributed by atoms with Gasteiger partial charge >= 0.3 is 6.03 Å². The Bertz CT molecular complexity index is 932. The largest absolute Gasteiger partial charge is 0.331 e. The second kappa shape index (κ2) is 6.83. The quantitative estimate of drug-likeness (QED) is 0.782. The average molecular weight is 348 g/mol. The molecule has 1 N–H and O–H groups in total. The molecule has 0 radical (unpaired) electrons. The van der Waals surface area contributed by atoms with Crippen LogP contribution in [-0.2, 0) is 7.05 Å². The number of hydrogen-bond donors (Lipinski definition) is 1. The molecule has 0 aliphatic carbocycles. The zero-order valence-electron chi connectivity index (χ0n) is 15.2. The number of aromatic nitrogens is 2. The Labute approximate surface area is 153 Å². The van der Waals surface area contributed by atoms with E-state index in [4.69, 9.17) is 0 Å². The van der Waals surface area contributed by atoms with Gasteiger partial charge in [0.2, 0.25) is 0 Å². The van der Waals surface area contributed by atoms with Crippen molar-refractivity contribution >= 4 is 16.8 Å². The number of nitrogens with one attached hydrogen (secondary N) is 1. The highest BCUT2D eigenvalue weighted by Crippen LogP contribution is 2.27. The predicted octanol–water partition coefficient (Wildman–Crippen LogP) is 3.83. The first kappa shape index (κ1) is 16.6. The number of aryl methyl sites for hydroxylation is 1. The summed E-state index contributed by atoms with van der Waals surface area (Å²) in [4.78, 5) is 14.6. The molecule has 0 bridgehead atoms. The first-order chi connectivity index (χ1) is 12.6. The van der Waals surface area contributed by atoms with Crippen LogP contribution in [0, 0.1) is 0 Å². The Morgan fingerprint density at radius 2 is 2.04 bits per heavy atom. The van der Waals surface area contributed by atoms with Crippen molar-refractivity contribution in [3.63, 3.8) is 0 Å². The van der Waals surface area contributed by atoms with Crippen molar-refractivity contribution in [2.75, 3.05) is 13.1 Å². The third-order valence-corrected chi connectivity index (χ3v) is 5.29. The van der Waals surface area contributed by atoms with Gasteiger partial charge in [-0.1, -0.05) is 36.4 Å². The second-order valence-corrected chi connectivity index (χ2v) is 7.16. The molecular weight excluding hydrogens is 324 g/mol. The Morgan fingerprint density at radius 1 is 1.23 bits per heavy atom. The molecule has 1 aliphatic heterocycles. The van der Waals surface area contributed by atoms with E-state index in [9.17, 15) is 4.79 Å². The van der Waals surface area contributed by atoms with Crippen LogP contribution >= 0.6 is 0 Å². The third kappa shape index (κ3) is 3.29. The number of carbonyl (C=O) groups excluding carboxylic acids is 1. The fraction of sp³-hybridized carbons (Fsp3) is 0.333. The summed E-state index contributed by atoms with van der Waals surface area (Å²) in [5.74, 6) is 0.380. The van der Waals surface area contributed by atoms with Crippen molar-refractivity contribution in [1.82, 2.24) is 20.0 Å². The van der Waals surface area contributed by atoms with Gasteiger partial charge in [-0.3, -0.25) is 4.68 Å². The molecule has 4 rings (SSSR count). The molecule has 1 aliphatic rings. The molecule has 2 aromatic carbocycles. The minimum Gasteiger partial charge on any atom is -0.331 e. The van der Waals surface area contributed by atoms with Gasteiger partial charge in [0.1, 0.15) is 0 Å². The summed E-state index contributed by atoms with van der Waals surface area (Å²) >= 11 is 0. The highest BCUT2D eigenvalue weighted by Gasteiger charge is 2.28. The van der Waals surface area contributed by atoms with Crippen LogP contribution in [0.3, 0.4) is 0 Å². The minimum absolute atomic E-state index is 0.0112. The van der Waals surface area contributed by atoms with E-state index >= 15 is 0 Å². The molecule has 3 aromatic rings. The van der Waals surface area contributed by atoms with E-state index in [2.05, 4.69) is 40.7 Å². The number of urea groups is 1. The number of benzene rings is 2. The van der Waals surface area contributed by atoms with Crippen LogP contribution in [0.1, 0.15) is 36.4 Å². The van der Waals surface area contributed by atoms with Gasteiger partial charge in [-0.15, -0.1) is 0 Å². The van der Waals surface area contributed by atoms with Crippen molar-refractivity contribution in [1.29, 1.82) is 0 Å². The van der Waals surface area contributed by atoms with Crippen molar-refractivity contribution in [2.24, 2.45) is 7.05 Å². The van der Waals surface area contributed by atoms with Crippen LogP contribution in [0.15, 0.2) is 54.9 Å². The second-order valence-electron chi connectivity index (χ2n) is 7.16. The Kier molecular flexibility index (Phi) is 4.37. The molecule has 0 spiro atoms. The Balaban J connectivity index is 1.40. The molecule has 134 valence electrons. The van der Waals surface area contributed by atoms with Crippen LogP contribution in [0.4, 0.5) is 4.79 Å². The van der Waals surface area contributed by atoms with Gasteiger partial charge in [0, 0.05) is 32.3 Å². The molecular formula is C21H24N4O. The number of carbonyl (C=O) groups is 1. The minimum atomic E-state index is -0.0236. The van der Waals surface area contributed by atoms with E-state index in [0.717, 1.165) is 25.1 Å². The standard InChI is InChI=1S/C21H24N4O/c1-15(17-8-7-16-5-3-4-6-18(16)11-17)23-21(26)25-10-9-19(14-25)20-12-22-24(2)13-20/h3-8,11-13,15,19H,9-10,14H2,1-2H3,(H,23,26)/t15-,19+/m1/s1. The number of hydrogen-bond acceptors (Lipinski definition) is 2. The van der Waals surface area contributed by atoms with E-state index in [1.807, 2.05) is 48.1 Å². The average Bonchev–Trinajstić information content (AvgIpc) is 3.30. The highest BCUT2D eigenvalue weighted by molar-refractivity contribution is 5.83. The van der Waals surface area contributed by atoms with Gasteiger partial charge in [0.05, 0.1) is 12.2 Å². The van der Waals surface area contributed by atoms with Gasteiger partial charge in [-0.05, 0) is 41.3 Å². The lowest BCUT2D eigenvalue weighted by atomic mass is 10.0.